The van der Waals surface area contributed by atoms with Gasteiger partial charge in [0.05, 0.1) is 5.52 Å². The van der Waals surface area contributed by atoms with E-state index >= 15 is 0 Å². The molecule has 94 valence electrons. The zero-order chi connectivity index (χ0) is 13.2. The SMILES string of the molecule is N=C(N)/C=C/n1cc(-c2nccs2)c2ccccc21. The van der Waals surface area contributed by atoms with Gasteiger partial charge < -0.3 is 10.3 Å². The van der Waals surface area contributed by atoms with Crippen LogP contribution in [0.5, 0.6) is 0 Å². The molecule has 0 saturated heterocycles. The van der Waals surface area contributed by atoms with Gasteiger partial charge in [0.25, 0.3) is 0 Å². The Balaban J connectivity index is 2.22. The minimum absolute atomic E-state index is 0.0357. The van der Waals surface area contributed by atoms with Gasteiger partial charge in [0.15, 0.2) is 0 Å². The summed E-state index contributed by atoms with van der Waals surface area (Å²) in [6.45, 7) is 0. The van der Waals surface area contributed by atoms with Gasteiger partial charge in [0, 0.05) is 34.9 Å². The van der Waals surface area contributed by atoms with Gasteiger partial charge >= 0.3 is 0 Å². The number of fused-ring (bicyclic) bond motifs is 1. The van der Waals surface area contributed by atoms with E-state index in [1.54, 1.807) is 29.8 Å². The van der Waals surface area contributed by atoms with Gasteiger partial charge in [-0.3, -0.25) is 5.41 Å². The molecule has 1 aromatic carbocycles. The third-order valence-corrected chi connectivity index (χ3v) is 3.62. The van der Waals surface area contributed by atoms with E-state index in [-0.39, 0.29) is 5.84 Å². The van der Waals surface area contributed by atoms with Crippen LogP contribution in [0.4, 0.5) is 0 Å². The van der Waals surface area contributed by atoms with Crippen LogP contribution in [-0.4, -0.2) is 15.4 Å². The van der Waals surface area contributed by atoms with Crippen molar-refractivity contribution in [2.45, 2.75) is 0 Å². The van der Waals surface area contributed by atoms with Crippen LogP contribution >= 0.6 is 11.3 Å². The number of thiazole rings is 1. The molecule has 4 nitrogen and oxygen atoms in total. The standard InChI is InChI=1S/C14H12N4S/c15-13(16)5-7-18-9-11(14-17-6-8-19-14)10-3-1-2-4-12(10)18/h1-9H,(H3,15,16)/b7-5+. The first-order valence-corrected chi connectivity index (χ1v) is 6.65. The van der Waals surface area contributed by atoms with E-state index in [2.05, 4.69) is 11.1 Å². The average molecular weight is 268 g/mol. The second kappa shape index (κ2) is 4.70. The summed E-state index contributed by atoms with van der Waals surface area (Å²) in [6, 6.07) is 8.12. The number of nitrogens with two attached hydrogens (primary N) is 1. The summed E-state index contributed by atoms with van der Waals surface area (Å²) in [4.78, 5) is 4.36. The van der Waals surface area contributed by atoms with E-state index in [0.717, 1.165) is 21.5 Å². The topological polar surface area (TPSA) is 67.7 Å². The lowest BCUT2D eigenvalue weighted by atomic mass is 10.2. The molecule has 0 saturated carbocycles. The maximum atomic E-state index is 7.27. The summed E-state index contributed by atoms with van der Waals surface area (Å²) < 4.78 is 1.97. The lowest BCUT2D eigenvalue weighted by Crippen LogP contribution is -2.04. The van der Waals surface area contributed by atoms with Crippen molar-refractivity contribution in [3.8, 4) is 10.6 Å². The fraction of sp³-hybridized carbons (Fsp3) is 0. The first kappa shape index (κ1) is 11.7. The quantitative estimate of drug-likeness (QED) is 0.566. The molecule has 0 aliphatic carbocycles. The lowest BCUT2D eigenvalue weighted by Gasteiger charge is -1.96. The molecular formula is C14H12N4S. The van der Waals surface area contributed by atoms with E-state index in [4.69, 9.17) is 11.1 Å². The summed E-state index contributed by atoms with van der Waals surface area (Å²) in [5.74, 6) is 0.0357. The number of nitrogens with one attached hydrogen (secondary N) is 1. The van der Waals surface area contributed by atoms with Crippen LogP contribution in [0.15, 0.2) is 48.1 Å². The Morgan fingerprint density at radius 2 is 2.21 bits per heavy atom. The Hall–Kier alpha value is -2.40. The molecule has 0 spiro atoms. The first-order valence-electron chi connectivity index (χ1n) is 5.77. The average Bonchev–Trinajstić information content (AvgIpc) is 3.03. The smallest absolute Gasteiger partial charge is 0.125 e. The lowest BCUT2D eigenvalue weighted by molar-refractivity contribution is 1.23. The highest BCUT2D eigenvalue weighted by atomic mass is 32.1. The number of para-hydroxylation sites is 1. The molecule has 19 heavy (non-hydrogen) atoms. The molecule has 0 radical (unpaired) electrons. The van der Waals surface area contributed by atoms with Crippen molar-refractivity contribution >= 4 is 34.3 Å². The number of nitrogens with zero attached hydrogens (tertiary/aromatic N) is 2. The maximum absolute atomic E-state index is 7.27. The highest BCUT2D eigenvalue weighted by molar-refractivity contribution is 7.13. The highest BCUT2D eigenvalue weighted by Crippen LogP contribution is 2.31. The summed E-state index contributed by atoms with van der Waals surface area (Å²) in [5, 5.41) is 11.4. The fourth-order valence-corrected chi connectivity index (χ4v) is 2.68. The summed E-state index contributed by atoms with van der Waals surface area (Å²) >= 11 is 1.61. The normalized spacial score (nSPS) is 11.4. The maximum Gasteiger partial charge on any atom is 0.125 e. The molecule has 3 N–H and O–H groups in total. The predicted molar refractivity (Wildman–Crippen MR) is 80.3 cm³/mol. The summed E-state index contributed by atoms with van der Waals surface area (Å²) in [6.07, 6.45) is 7.18. The minimum Gasteiger partial charge on any atom is -0.384 e. The molecule has 0 atom stereocenters. The van der Waals surface area contributed by atoms with E-state index in [0.29, 0.717) is 0 Å². The van der Waals surface area contributed by atoms with Gasteiger partial charge in [-0.1, -0.05) is 18.2 Å². The predicted octanol–water partition coefficient (Wildman–Crippen LogP) is 3.17. The molecular weight excluding hydrogens is 256 g/mol. The molecule has 0 aliphatic heterocycles. The third kappa shape index (κ3) is 2.15. The zero-order valence-electron chi connectivity index (χ0n) is 10.1. The third-order valence-electron chi connectivity index (χ3n) is 2.82. The van der Waals surface area contributed by atoms with E-state index < -0.39 is 0 Å². The van der Waals surface area contributed by atoms with Crippen LogP contribution in [0.1, 0.15) is 0 Å². The highest BCUT2D eigenvalue weighted by Gasteiger charge is 2.10. The number of aromatic nitrogens is 2. The number of hydrogen-bond donors (Lipinski definition) is 2. The Kier molecular flexibility index (Phi) is 2.89. The van der Waals surface area contributed by atoms with Crippen molar-refractivity contribution in [1.82, 2.24) is 9.55 Å². The van der Waals surface area contributed by atoms with E-state index in [9.17, 15) is 0 Å². The van der Waals surface area contributed by atoms with Gasteiger partial charge in [-0.2, -0.15) is 0 Å². The Morgan fingerprint density at radius 1 is 1.37 bits per heavy atom. The second-order valence-corrected chi connectivity index (χ2v) is 4.97. The van der Waals surface area contributed by atoms with Gasteiger partial charge in [-0.25, -0.2) is 4.98 Å². The molecule has 2 aromatic heterocycles. The monoisotopic (exact) mass is 268 g/mol. The fourth-order valence-electron chi connectivity index (χ4n) is 2.02. The Bertz CT molecular complexity index is 753. The van der Waals surface area contributed by atoms with Crippen molar-refractivity contribution in [3.05, 3.63) is 48.1 Å². The molecule has 0 aliphatic rings. The van der Waals surface area contributed by atoms with Crippen LogP contribution in [0, 0.1) is 5.41 Å². The number of amidine groups is 1. The van der Waals surface area contributed by atoms with Gasteiger partial charge in [0.2, 0.25) is 0 Å². The van der Waals surface area contributed by atoms with Crippen LogP contribution < -0.4 is 5.73 Å². The largest absolute Gasteiger partial charge is 0.384 e. The van der Waals surface area contributed by atoms with Crippen molar-refractivity contribution < 1.29 is 0 Å². The summed E-state index contributed by atoms with van der Waals surface area (Å²) in [7, 11) is 0. The van der Waals surface area contributed by atoms with Crippen LogP contribution in [0.3, 0.4) is 0 Å². The molecule has 2 heterocycles. The van der Waals surface area contributed by atoms with E-state index in [1.807, 2.05) is 34.3 Å². The molecule has 0 amide bonds. The zero-order valence-corrected chi connectivity index (χ0v) is 10.9. The van der Waals surface area contributed by atoms with E-state index in [1.165, 1.54) is 0 Å². The second-order valence-electron chi connectivity index (χ2n) is 4.08. The van der Waals surface area contributed by atoms with Gasteiger partial charge in [0.1, 0.15) is 10.8 Å². The van der Waals surface area contributed by atoms with Crippen LogP contribution in [-0.2, 0) is 0 Å². The molecule has 3 aromatic rings. The molecule has 0 unspecified atom stereocenters. The van der Waals surface area contributed by atoms with Gasteiger partial charge in [-0.05, 0) is 12.1 Å². The van der Waals surface area contributed by atoms with Crippen molar-refractivity contribution in [3.63, 3.8) is 0 Å². The molecule has 3 rings (SSSR count). The van der Waals surface area contributed by atoms with Crippen molar-refractivity contribution in [2.75, 3.05) is 0 Å². The number of hydrogen-bond acceptors (Lipinski definition) is 3. The Morgan fingerprint density at radius 3 is 2.95 bits per heavy atom. The summed E-state index contributed by atoms with van der Waals surface area (Å²) in [5.41, 5.74) is 7.53. The van der Waals surface area contributed by atoms with Crippen molar-refractivity contribution in [2.24, 2.45) is 5.73 Å². The van der Waals surface area contributed by atoms with Crippen LogP contribution in [0.2, 0.25) is 0 Å². The van der Waals surface area contributed by atoms with Crippen LogP contribution in [0.25, 0.3) is 27.7 Å². The molecule has 5 heteroatoms. The van der Waals surface area contributed by atoms with Crippen molar-refractivity contribution in [1.29, 1.82) is 5.41 Å². The molecule has 0 bridgehead atoms. The minimum atomic E-state index is 0.0357. The van der Waals surface area contributed by atoms with Gasteiger partial charge in [-0.15, -0.1) is 11.3 Å². The number of rotatable bonds is 3. The molecule has 0 fully saturated rings. The first-order chi connectivity index (χ1) is 9.25. The Labute approximate surface area is 114 Å². The number of benzene rings is 1.